The Morgan fingerprint density at radius 2 is 1.80 bits per heavy atom. The molecule has 1 fully saturated rings. The van der Waals surface area contributed by atoms with Gasteiger partial charge >= 0.3 is 11.9 Å². The molecule has 2 aliphatic rings. The fourth-order valence-electron chi connectivity index (χ4n) is 3.77. The zero-order valence-corrected chi connectivity index (χ0v) is 14.4. The third kappa shape index (κ3) is 3.55. The van der Waals surface area contributed by atoms with Crippen LogP contribution in [0.5, 0.6) is 0 Å². The van der Waals surface area contributed by atoms with E-state index in [0.717, 1.165) is 35.2 Å². The Kier molecular flexibility index (Phi) is 4.59. The van der Waals surface area contributed by atoms with Crippen LogP contribution >= 0.6 is 0 Å². The first kappa shape index (κ1) is 17.9. The SMILES string of the molecule is CC1CCC(Cn2c(=O)c3c(n(C)c2=O)NCN3CC(F)(F)F)CC1. The Morgan fingerprint density at radius 3 is 2.40 bits per heavy atom. The monoisotopic (exact) mass is 360 g/mol. The van der Waals surface area contributed by atoms with Gasteiger partial charge in [0.05, 0.1) is 6.67 Å². The van der Waals surface area contributed by atoms with Crippen molar-refractivity contribution in [1.29, 1.82) is 0 Å². The van der Waals surface area contributed by atoms with E-state index < -0.39 is 24.0 Å². The molecule has 6 nitrogen and oxygen atoms in total. The summed E-state index contributed by atoms with van der Waals surface area (Å²) in [5.74, 6) is 1.01. The molecule has 1 aromatic heterocycles. The number of halogens is 3. The minimum Gasteiger partial charge on any atom is -0.352 e. The van der Waals surface area contributed by atoms with Gasteiger partial charge < -0.3 is 10.2 Å². The summed E-state index contributed by atoms with van der Waals surface area (Å²) in [7, 11) is 1.48. The van der Waals surface area contributed by atoms with Gasteiger partial charge in [0.1, 0.15) is 18.1 Å². The van der Waals surface area contributed by atoms with Crippen molar-refractivity contribution in [3.63, 3.8) is 0 Å². The van der Waals surface area contributed by atoms with Crippen LogP contribution in [0.15, 0.2) is 9.59 Å². The minimum atomic E-state index is -4.42. The van der Waals surface area contributed by atoms with Gasteiger partial charge in [-0.2, -0.15) is 13.2 Å². The van der Waals surface area contributed by atoms with E-state index in [-0.39, 0.29) is 30.6 Å². The second kappa shape index (κ2) is 6.42. The van der Waals surface area contributed by atoms with E-state index in [1.54, 1.807) is 0 Å². The number of hydrogen-bond donors (Lipinski definition) is 1. The van der Waals surface area contributed by atoms with Gasteiger partial charge in [-0.05, 0) is 24.7 Å². The Morgan fingerprint density at radius 1 is 1.16 bits per heavy atom. The zero-order valence-electron chi connectivity index (χ0n) is 14.4. The van der Waals surface area contributed by atoms with Crippen molar-refractivity contribution in [2.75, 3.05) is 23.4 Å². The van der Waals surface area contributed by atoms with Crippen LogP contribution in [0.1, 0.15) is 32.6 Å². The number of anilines is 2. The third-order valence-electron chi connectivity index (χ3n) is 5.23. The average Bonchev–Trinajstić information content (AvgIpc) is 2.93. The van der Waals surface area contributed by atoms with Gasteiger partial charge in [-0.15, -0.1) is 0 Å². The molecule has 1 saturated carbocycles. The Labute approximate surface area is 143 Å². The van der Waals surface area contributed by atoms with Crippen molar-refractivity contribution in [2.24, 2.45) is 18.9 Å². The van der Waals surface area contributed by atoms with Crippen LogP contribution in [-0.4, -0.2) is 28.5 Å². The lowest BCUT2D eigenvalue weighted by atomic mass is 9.83. The van der Waals surface area contributed by atoms with Crippen LogP contribution in [0.3, 0.4) is 0 Å². The van der Waals surface area contributed by atoms with Gasteiger partial charge in [0.2, 0.25) is 0 Å². The predicted molar refractivity (Wildman–Crippen MR) is 89.0 cm³/mol. The maximum absolute atomic E-state index is 12.8. The first-order chi connectivity index (χ1) is 11.7. The highest BCUT2D eigenvalue weighted by atomic mass is 19.4. The number of aromatic nitrogens is 2. The van der Waals surface area contributed by atoms with E-state index in [1.807, 2.05) is 0 Å². The van der Waals surface area contributed by atoms with Crippen molar-refractivity contribution in [1.82, 2.24) is 9.13 Å². The van der Waals surface area contributed by atoms with E-state index in [9.17, 15) is 22.8 Å². The molecule has 0 saturated heterocycles. The molecular formula is C16H23F3N4O2. The summed E-state index contributed by atoms with van der Waals surface area (Å²) in [6, 6.07) is 0. The highest BCUT2D eigenvalue weighted by Gasteiger charge is 2.37. The highest BCUT2D eigenvalue weighted by Crippen LogP contribution is 2.31. The molecule has 1 aliphatic carbocycles. The molecule has 1 N–H and O–H groups in total. The second-order valence-corrected chi connectivity index (χ2v) is 7.23. The van der Waals surface area contributed by atoms with Crippen molar-refractivity contribution in [3.8, 4) is 0 Å². The molecule has 0 amide bonds. The fraction of sp³-hybridized carbons (Fsp3) is 0.750. The van der Waals surface area contributed by atoms with Crippen LogP contribution < -0.4 is 21.5 Å². The molecule has 0 unspecified atom stereocenters. The summed E-state index contributed by atoms with van der Waals surface area (Å²) in [5, 5.41) is 2.73. The first-order valence-corrected chi connectivity index (χ1v) is 8.56. The maximum atomic E-state index is 12.8. The predicted octanol–water partition coefficient (Wildman–Crippen LogP) is 2.12. The number of nitrogens with zero attached hydrogens (tertiary/aromatic N) is 3. The summed E-state index contributed by atoms with van der Waals surface area (Å²) < 4.78 is 40.7. The van der Waals surface area contributed by atoms with Crippen LogP contribution in [-0.2, 0) is 13.6 Å². The Bertz CT molecular complexity index is 760. The lowest BCUT2D eigenvalue weighted by Gasteiger charge is -2.27. The number of alkyl halides is 3. The topological polar surface area (TPSA) is 59.3 Å². The molecule has 0 spiro atoms. The summed E-state index contributed by atoms with van der Waals surface area (Å²) in [4.78, 5) is 26.2. The highest BCUT2D eigenvalue weighted by molar-refractivity contribution is 5.70. The van der Waals surface area contributed by atoms with Crippen molar-refractivity contribution >= 4 is 11.5 Å². The Hall–Kier alpha value is -1.93. The molecule has 25 heavy (non-hydrogen) atoms. The molecule has 0 radical (unpaired) electrons. The van der Waals surface area contributed by atoms with Gasteiger partial charge in [0.25, 0.3) is 5.56 Å². The zero-order chi connectivity index (χ0) is 18.4. The number of rotatable bonds is 3. The van der Waals surface area contributed by atoms with E-state index >= 15 is 0 Å². The molecule has 3 rings (SSSR count). The lowest BCUT2D eigenvalue weighted by molar-refractivity contribution is -0.119. The molecule has 2 heterocycles. The van der Waals surface area contributed by atoms with Gasteiger partial charge in [-0.1, -0.05) is 19.8 Å². The molecule has 140 valence electrons. The van der Waals surface area contributed by atoms with Crippen LogP contribution in [0, 0.1) is 11.8 Å². The van der Waals surface area contributed by atoms with Crippen molar-refractivity contribution < 1.29 is 13.2 Å². The standard InChI is InChI=1S/C16H23F3N4O2/c1-10-3-5-11(6-4-10)7-23-14(24)12-13(21(2)15(23)25)20-9-22(12)8-16(17,18)19/h10-11,20H,3-9H2,1-2H3. The maximum Gasteiger partial charge on any atom is 0.405 e. The van der Waals surface area contributed by atoms with Crippen LogP contribution in [0.25, 0.3) is 0 Å². The smallest absolute Gasteiger partial charge is 0.352 e. The summed E-state index contributed by atoms with van der Waals surface area (Å²) >= 11 is 0. The number of hydrogen-bond acceptors (Lipinski definition) is 4. The second-order valence-electron chi connectivity index (χ2n) is 7.23. The van der Waals surface area contributed by atoms with Gasteiger partial charge in [0, 0.05) is 13.6 Å². The molecule has 0 aromatic carbocycles. The third-order valence-corrected chi connectivity index (χ3v) is 5.23. The molecule has 9 heteroatoms. The molecule has 1 aliphatic heterocycles. The van der Waals surface area contributed by atoms with E-state index in [1.165, 1.54) is 11.6 Å². The summed E-state index contributed by atoms with van der Waals surface area (Å²) in [6.45, 7) is 1.09. The number of fused-ring (bicyclic) bond motifs is 1. The minimum absolute atomic E-state index is 0.0661. The number of nitrogens with one attached hydrogen (secondary N) is 1. The quantitative estimate of drug-likeness (QED) is 0.897. The van der Waals surface area contributed by atoms with Crippen LogP contribution in [0.4, 0.5) is 24.7 Å². The summed E-state index contributed by atoms with van der Waals surface area (Å²) in [5.41, 5.74) is -1.18. The lowest BCUT2D eigenvalue weighted by Crippen LogP contribution is -2.43. The normalized spacial score (nSPS) is 23.5. The molecule has 0 bridgehead atoms. The largest absolute Gasteiger partial charge is 0.405 e. The van der Waals surface area contributed by atoms with E-state index in [2.05, 4.69) is 12.2 Å². The van der Waals surface area contributed by atoms with Crippen molar-refractivity contribution in [2.45, 2.75) is 45.3 Å². The van der Waals surface area contributed by atoms with Crippen LogP contribution in [0.2, 0.25) is 0 Å². The van der Waals surface area contributed by atoms with Gasteiger partial charge in [0.15, 0.2) is 0 Å². The van der Waals surface area contributed by atoms with Gasteiger partial charge in [-0.3, -0.25) is 13.9 Å². The van der Waals surface area contributed by atoms with E-state index in [0.29, 0.717) is 5.92 Å². The van der Waals surface area contributed by atoms with E-state index in [4.69, 9.17) is 0 Å². The van der Waals surface area contributed by atoms with Crippen molar-refractivity contribution in [3.05, 3.63) is 20.8 Å². The first-order valence-electron chi connectivity index (χ1n) is 8.56. The van der Waals surface area contributed by atoms with Gasteiger partial charge in [-0.25, -0.2) is 4.79 Å². The molecule has 0 atom stereocenters. The average molecular weight is 360 g/mol. The summed E-state index contributed by atoms with van der Waals surface area (Å²) in [6.07, 6.45) is -0.468. The molecule has 1 aromatic rings. The fourth-order valence-corrected chi connectivity index (χ4v) is 3.77. The molecular weight excluding hydrogens is 337 g/mol. The Balaban J connectivity index is 1.95.